The molecule has 0 fully saturated rings. The third-order valence-electron chi connectivity index (χ3n) is 1.99. The predicted octanol–water partition coefficient (Wildman–Crippen LogP) is 2.84. The first-order chi connectivity index (χ1) is 5.68. The van der Waals surface area contributed by atoms with Gasteiger partial charge in [0.1, 0.15) is 0 Å². The molecule has 12 heavy (non-hydrogen) atoms. The molecular formula is C9H8ClNO. The number of hydrogen-bond acceptors (Lipinski definition) is 1. The van der Waals surface area contributed by atoms with Crippen LogP contribution in [0.25, 0.3) is 10.9 Å². The monoisotopic (exact) mass is 181 g/mol. The van der Waals surface area contributed by atoms with Crippen molar-refractivity contribution in [3.63, 3.8) is 0 Å². The Balaban J connectivity index is 2.87. The summed E-state index contributed by atoms with van der Waals surface area (Å²) in [7, 11) is 0. The number of halogens is 1. The van der Waals surface area contributed by atoms with E-state index in [0.717, 1.165) is 16.5 Å². The van der Waals surface area contributed by atoms with Crippen LogP contribution in [0.5, 0.6) is 5.88 Å². The molecule has 0 aliphatic carbocycles. The van der Waals surface area contributed by atoms with Crippen LogP contribution in [0.1, 0.15) is 5.56 Å². The van der Waals surface area contributed by atoms with E-state index in [0.29, 0.717) is 5.02 Å². The number of aryl methyl sites for hydroxylation is 1. The second-order valence-electron chi connectivity index (χ2n) is 2.79. The molecule has 0 saturated carbocycles. The van der Waals surface area contributed by atoms with Gasteiger partial charge in [-0.05, 0) is 19.1 Å². The third-order valence-corrected chi connectivity index (χ3v) is 2.23. The number of aromatic amines is 1. The topological polar surface area (TPSA) is 36.0 Å². The first kappa shape index (κ1) is 7.50. The number of aromatic hydroxyl groups is 1. The number of rotatable bonds is 0. The van der Waals surface area contributed by atoms with Crippen LogP contribution in [-0.4, -0.2) is 10.1 Å². The van der Waals surface area contributed by atoms with Gasteiger partial charge >= 0.3 is 0 Å². The van der Waals surface area contributed by atoms with Crippen molar-refractivity contribution < 1.29 is 5.11 Å². The normalized spacial score (nSPS) is 10.8. The highest BCUT2D eigenvalue weighted by Crippen LogP contribution is 2.27. The quantitative estimate of drug-likeness (QED) is 0.644. The molecular weight excluding hydrogens is 174 g/mol. The highest BCUT2D eigenvalue weighted by Gasteiger charge is 2.05. The standard InChI is InChI=1S/C9H8ClNO/c1-5-7-3-2-6(10)4-8(7)11-9(5)12/h2-4,11-12H,1H3. The largest absolute Gasteiger partial charge is 0.494 e. The van der Waals surface area contributed by atoms with Crippen LogP contribution in [0.2, 0.25) is 5.02 Å². The Morgan fingerprint density at radius 2 is 2.17 bits per heavy atom. The summed E-state index contributed by atoms with van der Waals surface area (Å²) in [4.78, 5) is 2.84. The summed E-state index contributed by atoms with van der Waals surface area (Å²) in [6, 6.07) is 5.50. The Hall–Kier alpha value is -1.15. The number of H-pyrrole nitrogens is 1. The molecule has 0 aliphatic rings. The van der Waals surface area contributed by atoms with Gasteiger partial charge in [-0.25, -0.2) is 0 Å². The van der Waals surface area contributed by atoms with Crippen LogP contribution in [0.3, 0.4) is 0 Å². The molecule has 1 aromatic heterocycles. The van der Waals surface area contributed by atoms with Crippen LogP contribution in [0, 0.1) is 6.92 Å². The summed E-state index contributed by atoms with van der Waals surface area (Å²) in [6.45, 7) is 1.86. The molecule has 0 unspecified atom stereocenters. The Morgan fingerprint density at radius 3 is 2.92 bits per heavy atom. The van der Waals surface area contributed by atoms with Gasteiger partial charge in [-0.2, -0.15) is 0 Å². The first-order valence-electron chi connectivity index (χ1n) is 3.65. The predicted molar refractivity (Wildman–Crippen MR) is 49.7 cm³/mol. The lowest BCUT2D eigenvalue weighted by Gasteiger charge is -1.90. The molecule has 0 radical (unpaired) electrons. The van der Waals surface area contributed by atoms with Gasteiger partial charge < -0.3 is 10.1 Å². The number of benzene rings is 1. The molecule has 0 amide bonds. The smallest absolute Gasteiger partial charge is 0.192 e. The second kappa shape index (κ2) is 2.42. The number of fused-ring (bicyclic) bond motifs is 1. The second-order valence-corrected chi connectivity index (χ2v) is 3.22. The van der Waals surface area contributed by atoms with E-state index in [1.54, 1.807) is 6.07 Å². The van der Waals surface area contributed by atoms with Crippen LogP contribution in [0.4, 0.5) is 0 Å². The summed E-state index contributed by atoms with van der Waals surface area (Å²) in [5, 5.41) is 11.0. The third kappa shape index (κ3) is 0.959. The minimum Gasteiger partial charge on any atom is -0.494 e. The van der Waals surface area contributed by atoms with Crippen LogP contribution in [0.15, 0.2) is 18.2 Å². The Labute approximate surface area is 74.8 Å². The van der Waals surface area contributed by atoms with Crippen molar-refractivity contribution in [1.29, 1.82) is 0 Å². The first-order valence-corrected chi connectivity index (χ1v) is 4.03. The van der Waals surface area contributed by atoms with Crippen molar-refractivity contribution >= 4 is 22.5 Å². The maximum atomic E-state index is 9.34. The summed E-state index contributed by atoms with van der Waals surface area (Å²) >= 11 is 5.78. The number of hydrogen-bond donors (Lipinski definition) is 2. The van der Waals surface area contributed by atoms with Gasteiger partial charge in [0.05, 0.1) is 5.52 Å². The van der Waals surface area contributed by atoms with Gasteiger partial charge in [0.25, 0.3) is 0 Å². The maximum absolute atomic E-state index is 9.34. The summed E-state index contributed by atoms with van der Waals surface area (Å²) in [6.07, 6.45) is 0. The van der Waals surface area contributed by atoms with Gasteiger partial charge in [-0.3, -0.25) is 0 Å². The van der Waals surface area contributed by atoms with Crippen LogP contribution < -0.4 is 0 Å². The van der Waals surface area contributed by atoms with Crippen LogP contribution in [-0.2, 0) is 0 Å². The molecule has 0 bridgehead atoms. The van der Waals surface area contributed by atoms with Crippen molar-refractivity contribution in [3.05, 3.63) is 28.8 Å². The molecule has 0 aliphatic heterocycles. The maximum Gasteiger partial charge on any atom is 0.192 e. The van der Waals surface area contributed by atoms with E-state index >= 15 is 0 Å². The number of aromatic nitrogens is 1. The van der Waals surface area contributed by atoms with Gasteiger partial charge in [-0.1, -0.05) is 17.7 Å². The molecule has 2 N–H and O–H groups in total. The number of nitrogens with one attached hydrogen (secondary N) is 1. The van der Waals surface area contributed by atoms with E-state index in [2.05, 4.69) is 4.98 Å². The molecule has 3 heteroatoms. The highest BCUT2D eigenvalue weighted by molar-refractivity contribution is 6.31. The fourth-order valence-electron chi connectivity index (χ4n) is 1.30. The van der Waals surface area contributed by atoms with E-state index in [9.17, 15) is 5.11 Å². The van der Waals surface area contributed by atoms with Crippen molar-refractivity contribution in [1.82, 2.24) is 4.98 Å². The van der Waals surface area contributed by atoms with Gasteiger partial charge in [0.15, 0.2) is 5.88 Å². The van der Waals surface area contributed by atoms with Crippen molar-refractivity contribution in [2.24, 2.45) is 0 Å². The Morgan fingerprint density at radius 1 is 1.42 bits per heavy atom. The SMILES string of the molecule is Cc1c(O)[nH]c2cc(Cl)ccc12. The molecule has 0 spiro atoms. The Kier molecular flexibility index (Phi) is 1.51. The van der Waals surface area contributed by atoms with Gasteiger partial charge in [0.2, 0.25) is 0 Å². The average molecular weight is 182 g/mol. The molecule has 62 valence electrons. The van der Waals surface area contributed by atoms with Crippen molar-refractivity contribution in [3.8, 4) is 5.88 Å². The van der Waals surface area contributed by atoms with E-state index in [4.69, 9.17) is 11.6 Å². The minimum atomic E-state index is 0.215. The summed E-state index contributed by atoms with van der Waals surface area (Å²) in [5.74, 6) is 0.215. The van der Waals surface area contributed by atoms with Crippen molar-refractivity contribution in [2.45, 2.75) is 6.92 Å². The molecule has 2 rings (SSSR count). The van der Waals surface area contributed by atoms with Gasteiger partial charge in [0, 0.05) is 16.0 Å². The lowest BCUT2D eigenvalue weighted by molar-refractivity contribution is 0.454. The fraction of sp³-hybridized carbons (Fsp3) is 0.111. The lowest BCUT2D eigenvalue weighted by Crippen LogP contribution is -1.68. The van der Waals surface area contributed by atoms with E-state index in [-0.39, 0.29) is 5.88 Å². The zero-order valence-corrected chi connectivity index (χ0v) is 7.31. The molecule has 0 atom stereocenters. The van der Waals surface area contributed by atoms with Crippen molar-refractivity contribution in [2.75, 3.05) is 0 Å². The van der Waals surface area contributed by atoms with E-state index in [1.807, 2.05) is 19.1 Å². The molecule has 2 aromatic rings. The lowest BCUT2D eigenvalue weighted by atomic mass is 10.2. The van der Waals surface area contributed by atoms with E-state index in [1.165, 1.54) is 0 Å². The molecule has 1 aromatic carbocycles. The van der Waals surface area contributed by atoms with Crippen LogP contribution >= 0.6 is 11.6 Å². The fourth-order valence-corrected chi connectivity index (χ4v) is 1.47. The summed E-state index contributed by atoms with van der Waals surface area (Å²) in [5.41, 5.74) is 1.74. The van der Waals surface area contributed by atoms with E-state index < -0.39 is 0 Å². The molecule has 2 nitrogen and oxygen atoms in total. The Bertz CT molecular complexity index is 433. The average Bonchev–Trinajstić information content (AvgIpc) is 2.28. The molecule has 1 heterocycles. The summed E-state index contributed by atoms with van der Waals surface area (Å²) < 4.78 is 0. The molecule has 0 saturated heterocycles. The zero-order chi connectivity index (χ0) is 8.72. The highest BCUT2D eigenvalue weighted by atomic mass is 35.5. The minimum absolute atomic E-state index is 0.215. The van der Waals surface area contributed by atoms with Gasteiger partial charge in [-0.15, -0.1) is 0 Å². The zero-order valence-electron chi connectivity index (χ0n) is 6.56.